The van der Waals surface area contributed by atoms with E-state index < -0.39 is 0 Å². The van der Waals surface area contributed by atoms with E-state index in [1.165, 1.54) is 0 Å². The summed E-state index contributed by atoms with van der Waals surface area (Å²) in [6, 6.07) is 3.63. The van der Waals surface area contributed by atoms with Gasteiger partial charge in [0, 0.05) is 20.2 Å². The molecule has 0 aliphatic carbocycles. The van der Waals surface area contributed by atoms with Crippen LogP contribution in [0.15, 0.2) is 27.8 Å². The fraction of sp³-hybridized carbons (Fsp3) is 0.500. The first kappa shape index (κ1) is 14.6. The van der Waals surface area contributed by atoms with Crippen LogP contribution in [0, 0.1) is 0 Å². The first-order chi connectivity index (χ1) is 10.8. The Balaban J connectivity index is 1.48. The van der Waals surface area contributed by atoms with Gasteiger partial charge in [0.1, 0.15) is 5.82 Å². The molecule has 8 nitrogen and oxygen atoms in total. The average molecular weight is 304 g/mol. The summed E-state index contributed by atoms with van der Waals surface area (Å²) in [5.74, 6) is 2.62. The molecular formula is C14H20N6O2. The first-order valence-corrected chi connectivity index (χ1v) is 7.36. The molecule has 0 spiro atoms. The van der Waals surface area contributed by atoms with E-state index >= 15 is 0 Å². The lowest BCUT2D eigenvalue weighted by Gasteiger charge is -2.14. The predicted molar refractivity (Wildman–Crippen MR) is 81.3 cm³/mol. The Morgan fingerprint density at radius 2 is 2.45 bits per heavy atom. The summed E-state index contributed by atoms with van der Waals surface area (Å²) in [6.07, 6.45) is 4.10. The normalized spacial score (nSPS) is 18.6. The van der Waals surface area contributed by atoms with Gasteiger partial charge in [-0.15, -0.1) is 5.10 Å². The zero-order chi connectivity index (χ0) is 15.2. The first-order valence-electron chi connectivity index (χ1n) is 7.36. The van der Waals surface area contributed by atoms with Crippen molar-refractivity contribution in [3.8, 4) is 11.6 Å². The quantitative estimate of drug-likeness (QED) is 0.561. The molecule has 1 aliphatic rings. The number of ether oxygens (including phenoxy) is 1. The van der Waals surface area contributed by atoms with Gasteiger partial charge in [-0.2, -0.15) is 0 Å². The number of aromatic amines is 1. The molecule has 1 fully saturated rings. The molecule has 8 heteroatoms. The number of aromatic nitrogens is 3. The van der Waals surface area contributed by atoms with E-state index in [4.69, 9.17) is 9.15 Å². The minimum atomic E-state index is 0.273. The fourth-order valence-electron chi connectivity index (χ4n) is 2.29. The van der Waals surface area contributed by atoms with Gasteiger partial charge in [0.05, 0.1) is 18.9 Å². The fourth-order valence-corrected chi connectivity index (χ4v) is 2.29. The monoisotopic (exact) mass is 304 g/mol. The summed E-state index contributed by atoms with van der Waals surface area (Å²) in [4.78, 5) is 8.55. The highest BCUT2D eigenvalue weighted by Crippen LogP contribution is 2.14. The van der Waals surface area contributed by atoms with Gasteiger partial charge in [0.15, 0.2) is 11.7 Å². The Morgan fingerprint density at radius 3 is 3.18 bits per heavy atom. The molecule has 0 saturated carbocycles. The van der Waals surface area contributed by atoms with Gasteiger partial charge < -0.3 is 19.8 Å². The molecule has 1 saturated heterocycles. The molecule has 1 unspecified atom stereocenters. The molecule has 3 heterocycles. The molecular weight excluding hydrogens is 284 g/mol. The second-order valence-corrected chi connectivity index (χ2v) is 5.02. The molecule has 0 radical (unpaired) electrons. The summed E-state index contributed by atoms with van der Waals surface area (Å²) in [5, 5.41) is 13.4. The van der Waals surface area contributed by atoms with Crippen LogP contribution in [0.5, 0.6) is 0 Å². The zero-order valence-corrected chi connectivity index (χ0v) is 12.5. The van der Waals surface area contributed by atoms with Crippen molar-refractivity contribution < 1.29 is 9.15 Å². The van der Waals surface area contributed by atoms with Gasteiger partial charge in [-0.1, -0.05) is 0 Å². The highest BCUT2D eigenvalue weighted by Gasteiger charge is 2.15. The molecule has 2 aromatic rings. The van der Waals surface area contributed by atoms with Gasteiger partial charge in [-0.3, -0.25) is 10.1 Å². The summed E-state index contributed by atoms with van der Waals surface area (Å²) >= 11 is 0. The van der Waals surface area contributed by atoms with E-state index in [1.807, 2.05) is 6.07 Å². The van der Waals surface area contributed by atoms with Crippen LogP contribution in [0.4, 0.5) is 0 Å². The summed E-state index contributed by atoms with van der Waals surface area (Å²) in [7, 11) is 1.74. The third kappa shape index (κ3) is 3.64. The zero-order valence-electron chi connectivity index (χ0n) is 12.5. The average Bonchev–Trinajstić information content (AvgIpc) is 3.29. The summed E-state index contributed by atoms with van der Waals surface area (Å²) in [5.41, 5.74) is 0. The van der Waals surface area contributed by atoms with Crippen molar-refractivity contribution in [3.05, 3.63) is 24.2 Å². The van der Waals surface area contributed by atoms with Crippen molar-refractivity contribution in [1.82, 2.24) is 25.8 Å². The molecule has 0 amide bonds. The Bertz CT molecular complexity index is 601. The molecule has 22 heavy (non-hydrogen) atoms. The molecule has 0 bridgehead atoms. The van der Waals surface area contributed by atoms with Crippen molar-refractivity contribution >= 4 is 5.96 Å². The van der Waals surface area contributed by atoms with Crippen molar-refractivity contribution in [1.29, 1.82) is 0 Å². The van der Waals surface area contributed by atoms with Crippen LogP contribution < -0.4 is 10.6 Å². The minimum Gasteiger partial charge on any atom is -0.461 e. The number of H-pyrrole nitrogens is 1. The highest BCUT2D eigenvalue weighted by molar-refractivity contribution is 5.79. The van der Waals surface area contributed by atoms with Crippen LogP contribution in [-0.2, 0) is 11.3 Å². The van der Waals surface area contributed by atoms with Crippen LogP contribution >= 0.6 is 0 Å². The summed E-state index contributed by atoms with van der Waals surface area (Å²) < 4.78 is 10.8. The lowest BCUT2D eigenvalue weighted by atomic mass is 10.2. The summed E-state index contributed by atoms with van der Waals surface area (Å²) in [6.45, 7) is 2.11. The Kier molecular flexibility index (Phi) is 4.69. The van der Waals surface area contributed by atoms with Gasteiger partial charge >= 0.3 is 0 Å². The Morgan fingerprint density at radius 1 is 1.50 bits per heavy atom. The van der Waals surface area contributed by atoms with E-state index in [0.29, 0.717) is 29.9 Å². The van der Waals surface area contributed by atoms with Gasteiger partial charge in [-0.25, -0.2) is 4.98 Å². The topological polar surface area (TPSA) is 100 Å². The number of nitrogens with one attached hydrogen (secondary N) is 3. The van der Waals surface area contributed by atoms with E-state index in [-0.39, 0.29) is 6.10 Å². The molecule has 118 valence electrons. The van der Waals surface area contributed by atoms with E-state index in [1.54, 1.807) is 19.4 Å². The number of furan rings is 1. The highest BCUT2D eigenvalue weighted by atomic mass is 16.5. The van der Waals surface area contributed by atoms with E-state index in [2.05, 4.69) is 30.8 Å². The van der Waals surface area contributed by atoms with Gasteiger partial charge in [-0.05, 0) is 25.0 Å². The Labute approximate surface area is 128 Å². The number of hydrogen-bond donors (Lipinski definition) is 3. The molecule has 3 N–H and O–H groups in total. The largest absolute Gasteiger partial charge is 0.461 e. The molecule has 2 aromatic heterocycles. The maximum Gasteiger partial charge on any atom is 0.216 e. The third-order valence-electron chi connectivity index (χ3n) is 3.44. The standard InChI is InChI=1S/C14H20N6O2/c1-15-14(16-8-10-4-2-6-21-10)17-9-12-18-13(20-19-12)11-5-3-7-22-11/h3,5,7,10H,2,4,6,8-9H2,1H3,(H2,15,16,17)(H,18,19,20). The maximum absolute atomic E-state index is 5.57. The number of aliphatic imine (C=N–C) groups is 1. The second kappa shape index (κ2) is 7.08. The lowest BCUT2D eigenvalue weighted by molar-refractivity contribution is 0.114. The maximum atomic E-state index is 5.57. The van der Waals surface area contributed by atoms with Crippen LogP contribution in [0.1, 0.15) is 18.7 Å². The van der Waals surface area contributed by atoms with E-state index in [0.717, 1.165) is 26.0 Å². The molecule has 1 atom stereocenters. The SMILES string of the molecule is CN=C(NCc1nc(-c2ccco2)n[nH]1)NCC1CCCO1. The van der Waals surface area contributed by atoms with Crippen molar-refractivity contribution in [2.45, 2.75) is 25.5 Å². The van der Waals surface area contributed by atoms with Gasteiger partial charge in [0.25, 0.3) is 0 Å². The predicted octanol–water partition coefficient (Wildman–Crippen LogP) is 0.909. The molecule has 1 aliphatic heterocycles. The van der Waals surface area contributed by atoms with E-state index in [9.17, 15) is 0 Å². The number of hydrogen-bond acceptors (Lipinski definition) is 5. The minimum absolute atomic E-state index is 0.273. The van der Waals surface area contributed by atoms with Gasteiger partial charge in [0.2, 0.25) is 5.82 Å². The lowest BCUT2D eigenvalue weighted by Crippen LogP contribution is -2.40. The Hall–Kier alpha value is -2.35. The number of rotatable bonds is 5. The van der Waals surface area contributed by atoms with Crippen molar-refractivity contribution in [2.24, 2.45) is 4.99 Å². The smallest absolute Gasteiger partial charge is 0.216 e. The van der Waals surface area contributed by atoms with Crippen molar-refractivity contribution in [2.75, 3.05) is 20.2 Å². The third-order valence-corrected chi connectivity index (χ3v) is 3.44. The van der Waals surface area contributed by atoms with Crippen LogP contribution in [0.2, 0.25) is 0 Å². The molecule has 0 aromatic carbocycles. The molecule has 3 rings (SSSR count). The van der Waals surface area contributed by atoms with Crippen molar-refractivity contribution in [3.63, 3.8) is 0 Å². The number of guanidine groups is 1. The van der Waals surface area contributed by atoms with Crippen LogP contribution in [0.25, 0.3) is 11.6 Å². The van der Waals surface area contributed by atoms with Crippen LogP contribution in [-0.4, -0.2) is 47.4 Å². The number of nitrogens with zero attached hydrogens (tertiary/aromatic N) is 3. The second-order valence-electron chi connectivity index (χ2n) is 5.02. The van der Waals surface area contributed by atoms with Crippen LogP contribution in [0.3, 0.4) is 0 Å².